The first-order valence-electron chi connectivity index (χ1n) is 6.17. The van der Waals surface area contributed by atoms with Crippen LogP contribution in [0, 0.1) is 0 Å². The third-order valence-corrected chi connectivity index (χ3v) is 2.51. The van der Waals surface area contributed by atoms with Crippen molar-refractivity contribution in [3.05, 3.63) is 12.7 Å². The topological polar surface area (TPSA) is 68.9 Å². The average molecular weight is 241 g/mol. The summed E-state index contributed by atoms with van der Waals surface area (Å²) < 4.78 is 10.8. The van der Waals surface area contributed by atoms with E-state index < -0.39 is 0 Å². The number of nitrogens with one attached hydrogen (secondary N) is 1. The summed E-state index contributed by atoms with van der Waals surface area (Å²) >= 11 is 0. The van der Waals surface area contributed by atoms with E-state index in [1.165, 1.54) is 0 Å². The first-order valence-corrected chi connectivity index (χ1v) is 6.17. The van der Waals surface area contributed by atoms with Crippen molar-refractivity contribution >= 4 is 5.96 Å². The van der Waals surface area contributed by atoms with Gasteiger partial charge in [-0.25, -0.2) is 0 Å². The zero-order valence-corrected chi connectivity index (χ0v) is 10.4. The molecular weight excluding hydrogens is 218 g/mol. The molecule has 1 saturated heterocycles. The SMILES string of the molecule is C=CCCOCCNC(N)=NCC1CCCO1. The number of rotatable bonds is 8. The van der Waals surface area contributed by atoms with Crippen molar-refractivity contribution in [3.8, 4) is 0 Å². The molecular formula is C12H23N3O2. The maximum Gasteiger partial charge on any atom is 0.188 e. The fourth-order valence-corrected chi connectivity index (χ4v) is 1.56. The molecule has 1 heterocycles. The molecule has 1 aliphatic heterocycles. The van der Waals surface area contributed by atoms with Gasteiger partial charge in [-0.2, -0.15) is 0 Å². The molecule has 1 atom stereocenters. The van der Waals surface area contributed by atoms with E-state index in [-0.39, 0.29) is 6.10 Å². The third kappa shape index (κ3) is 6.97. The summed E-state index contributed by atoms with van der Waals surface area (Å²) in [7, 11) is 0. The molecule has 0 aromatic rings. The summed E-state index contributed by atoms with van der Waals surface area (Å²) in [4.78, 5) is 4.23. The Morgan fingerprint density at radius 3 is 3.18 bits per heavy atom. The molecule has 0 aliphatic carbocycles. The smallest absolute Gasteiger partial charge is 0.188 e. The van der Waals surface area contributed by atoms with Gasteiger partial charge in [0.25, 0.3) is 0 Å². The van der Waals surface area contributed by atoms with Crippen molar-refractivity contribution in [2.75, 3.05) is 32.9 Å². The zero-order valence-electron chi connectivity index (χ0n) is 10.4. The second-order valence-electron chi connectivity index (χ2n) is 3.98. The number of nitrogens with two attached hydrogens (primary N) is 1. The van der Waals surface area contributed by atoms with Crippen LogP contribution in [-0.4, -0.2) is 45.0 Å². The van der Waals surface area contributed by atoms with E-state index in [1.807, 2.05) is 6.08 Å². The first-order chi connectivity index (χ1) is 8.33. The monoisotopic (exact) mass is 241 g/mol. The van der Waals surface area contributed by atoms with E-state index in [2.05, 4.69) is 16.9 Å². The van der Waals surface area contributed by atoms with Gasteiger partial charge < -0.3 is 20.5 Å². The van der Waals surface area contributed by atoms with Crippen LogP contribution in [0.3, 0.4) is 0 Å². The lowest BCUT2D eigenvalue weighted by Crippen LogP contribution is -2.35. The molecule has 0 bridgehead atoms. The van der Waals surface area contributed by atoms with Gasteiger partial charge in [0.1, 0.15) is 0 Å². The molecule has 0 aromatic carbocycles. The highest BCUT2D eigenvalue weighted by Crippen LogP contribution is 2.11. The molecule has 5 heteroatoms. The van der Waals surface area contributed by atoms with Gasteiger partial charge in [0.05, 0.1) is 25.9 Å². The van der Waals surface area contributed by atoms with E-state index in [4.69, 9.17) is 15.2 Å². The van der Waals surface area contributed by atoms with Gasteiger partial charge in [-0.3, -0.25) is 4.99 Å². The Hall–Kier alpha value is -1.07. The summed E-state index contributed by atoms with van der Waals surface area (Å²) in [5, 5.41) is 3.00. The molecule has 0 radical (unpaired) electrons. The van der Waals surface area contributed by atoms with Crippen molar-refractivity contribution in [2.24, 2.45) is 10.7 Å². The molecule has 0 saturated carbocycles. The van der Waals surface area contributed by atoms with Gasteiger partial charge in [-0.1, -0.05) is 6.08 Å². The lowest BCUT2D eigenvalue weighted by Gasteiger charge is -2.08. The van der Waals surface area contributed by atoms with Crippen molar-refractivity contribution in [3.63, 3.8) is 0 Å². The number of hydrogen-bond donors (Lipinski definition) is 2. The Labute approximate surface area is 103 Å². The van der Waals surface area contributed by atoms with Crippen molar-refractivity contribution in [1.82, 2.24) is 5.32 Å². The molecule has 0 spiro atoms. The van der Waals surface area contributed by atoms with Crippen LogP contribution in [-0.2, 0) is 9.47 Å². The van der Waals surface area contributed by atoms with E-state index >= 15 is 0 Å². The molecule has 1 unspecified atom stereocenters. The van der Waals surface area contributed by atoms with Gasteiger partial charge in [0.2, 0.25) is 0 Å². The van der Waals surface area contributed by atoms with Crippen LogP contribution >= 0.6 is 0 Å². The maximum atomic E-state index is 5.70. The Morgan fingerprint density at radius 2 is 2.47 bits per heavy atom. The average Bonchev–Trinajstić information content (AvgIpc) is 2.84. The first kappa shape index (κ1) is 14.0. The van der Waals surface area contributed by atoms with E-state index in [0.717, 1.165) is 25.9 Å². The second-order valence-corrected chi connectivity index (χ2v) is 3.98. The minimum Gasteiger partial charge on any atom is -0.379 e. The lowest BCUT2D eigenvalue weighted by atomic mass is 10.2. The lowest BCUT2D eigenvalue weighted by molar-refractivity contribution is 0.117. The number of hydrogen-bond acceptors (Lipinski definition) is 3. The molecule has 5 nitrogen and oxygen atoms in total. The Kier molecular flexibility index (Phi) is 7.42. The molecule has 98 valence electrons. The summed E-state index contributed by atoms with van der Waals surface area (Å²) in [6, 6.07) is 0. The van der Waals surface area contributed by atoms with Crippen molar-refractivity contribution in [1.29, 1.82) is 0 Å². The van der Waals surface area contributed by atoms with Gasteiger partial charge in [0.15, 0.2) is 5.96 Å². The molecule has 0 aromatic heterocycles. The molecule has 17 heavy (non-hydrogen) atoms. The van der Waals surface area contributed by atoms with Gasteiger partial charge >= 0.3 is 0 Å². The predicted octanol–water partition coefficient (Wildman–Crippen LogP) is 0.662. The fraction of sp³-hybridized carbons (Fsp3) is 0.750. The van der Waals surface area contributed by atoms with E-state index in [0.29, 0.717) is 32.3 Å². The molecule has 3 N–H and O–H groups in total. The quantitative estimate of drug-likeness (QED) is 0.283. The van der Waals surface area contributed by atoms with E-state index in [1.54, 1.807) is 0 Å². The van der Waals surface area contributed by atoms with Crippen LogP contribution in [0.2, 0.25) is 0 Å². The fourth-order valence-electron chi connectivity index (χ4n) is 1.56. The van der Waals surface area contributed by atoms with Gasteiger partial charge in [-0.05, 0) is 19.3 Å². The molecule has 1 fully saturated rings. The summed E-state index contributed by atoms with van der Waals surface area (Å²) in [6.07, 6.45) is 5.18. The third-order valence-electron chi connectivity index (χ3n) is 2.51. The Balaban J connectivity index is 1.97. The minimum atomic E-state index is 0.249. The Morgan fingerprint density at radius 1 is 1.59 bits per heavy atom. The van der Waals surface area contributed by atoms with Crippen LogP contribution in [0.4, 0.5) is 0 Å². The maximum absolute atomic E-state index is 5.70. The van der Waals surface area contributed by atoms with Crippen LogP contribution in [0.25, 0.3) is 0 Å². The molecule has 0 amide bonds. The van der Waals surface area contributed by atoms with E-state index in [9.17, 15) is 0 Å². The predicted molar refractivity (Wildman–Crippen MR) is 69.1 cm³/mol. The summed E-state index contributed by atoms with van der Waals surface area (Å²) in [5.74, 6) is 0.466. The van der Waals surface area contributed by atoms with Crippen LogP contribution < -0.4 is 11.1 Å². The van der Waals surface area contributed by atoms with Crippen molar-refractivity contribution < 1.29 is 9.47 Å². The minimum absolute atomic E-state index is 0.249. The highest BCUT2D eigenvalue weighted by Gasteiger charge is 2.14. The second kappa shape index (κ2) is 9.01. The van der Waals surface area contributed by atoms with Crippen molar-refractivity contribution in [2.45, 2.75) is 25.4 Å². The highest BCUT2D eigenvalue weighted by atomic mass is 16.5. The van der Waals surface area contributed by atoms with Crippen LogP contribution in [0.15, 0.2) is 17.6 Å². The van der Waals surface area contributed by atoms with Crippen LogP contribution in [0.1, 0.15) is 19.3 Å². The standard InChI is InChI=1S/C12H23N3O2/c1-2-3-7-16-9-6-14-12(13)15-10-11-5-4-8-17-11/h2,11H,1,3-10H2,(H3,13,14,15). The largest absolute Gasteiger partial charge is 0.379 e. The summed E-state index contributed by atoms with van der Waals surface area (Å²) in [6.45, 7) is 7.14. The number of guanidine groups is 1. The number of nitrogens with zero attached hydrogens (tertiary/aromatic N) is 1. The molecule has 1 rings (SSSR count). The zero-order chi connectivity index (χ0) is 12.3. The van der Waals surface area contributed by atoms with Gasteiger partial charge in [-0.15, -0.1) is 6.58 Å². The van der Waals surface area contributed by atoms with Gasteiger partial charge in [0, 0.05) is 13.2 Å². The Bertz CT molecular complexity index is 238. The normalized spacial score (nSPS) is 20.5. The number of ether oxygens (including phenoxy) is 2. The number of aliphatic imine (C=N–C) groups is 1. The summed E-state index contributed by atoms with van der Waals surface area (Å²) in [5.41, 5.74) is 5.70. The van der Waals surface area contributed by atoms with Crippen LogP contribution in [0.5, 0.6) is 0 Å². The highest BCUT2D eigenvalue weighted by molar-refractivity contribution is 5.77. The molecule has 1 aliphatic rings.